The molecule has 4 aromatic rings. The molecule has 0 aliphatic heterocycles. The number of phenolic OH excluding ortho intramolecular Hbond substituents is 1. The molecule has 3 N–H and O–H groups in total. The van der Waals surface area contributed by atoms with Crippen LogP contribution < -0.4 is 15.2 Å². The average Bonchev–Trinajstić information content (AvgIpc) is 2.82. The van der Waals surface area contributed by atoms with Crippen LogP contribution in [0.3, 0.4) is 0 Å². The molecule has 0 aliphatic rings. The van der Waals surface area contributed by atoms with E-state index in [-0.39, 0.29) is 40.5 Å². The van der Waals surface area contributed by atoms with Gasteiger partial charge < -0.3 is 20.3 Å². The zero-order chi connectivity index (χ0) is 25.2. The van der Waals surface area contributed by atoms with Crippen LogP contribution in [-0.2, 0) is 12.8 Å². The lowest BCUT2D eigenvalue weighted by Crippen LogP contribution is -2.14. The second kappa shape index (κ2) is 9.71. The largest absolute Gasteiger partial charge is 0.507 e. The second-order valence-electron chi connectivity index (χ2n) is 7.45. The Balaban J connectivity index is 1.81. The molecule has 0 amide bonds. The number of hydrogen-bond donors (Lipinski definition) is 2. The third-order valence-electron chi connectivity index (χ3n) is 5.09. The molecule has 0 bridgehead atoms. The van der Waals surface area contributed by atoms with Crippen molar-refractivity contribution in [1.29, 1.82) is 0 Å². The molecule has 3 aromatic carbocycles. The molecule has 0 unspecified atom stereocenters. The van der Waals surface area contributed by atoms with Gasteiger partial charge in [0, 0.05) is 27.8 Å². The minimum atomic E-state index is -4.85. The molecular weight excluding hydrogens is 483 g/mol. The molecule has 35 heavy (non-hydrogen) atoms. The molecule has 0 saturated heterocycles. The van der Waals surface area contributed by atoms with Crippen molar-refractivity contribution in [2.75, 3.05) is 12.8 Å². The van der Waals surface area contributed by atoms with E-state index in [0.29, 0.717) is 10.8 Å². The van der Waals surface area contributed by atoms with Crippen LogP contribution in [0.5, 0.6) is 17.2 Å². The van der Waals surface area contributed by atoms with E-state index in [1.165, 1.54) is 37.4 Å². The van der Waals surface area contributed by atoms with Gasteiger partial charge in [-0.05, 0) is 35.9 Å². The summed E-state index contributed by atoms with van der Waals surface area (Å²) in [4.78, 5) is 7.53. The van der Waals surface area contributed by atoms with E-state index in [1.807, 2.05) is 6.07 Å². The van der Waals surface area contributed by atoms with Crippen LogP contribution in [0.1, 0.15) is 11.3 Å². The number of anilines is 1. The molecule has 1 aromatic heterocycles. The SMILES string of the molecule is COc1ccccc1-c1c(-c2ccc(OCc3cccc(Cl)c3)cc2O)nc(N)nc1C(F)(F)F. The molecule has 4 rings (SSSR count). The van der Waals surface area contributed by atoms with Crippen LogP contribution in [0.15, 0.2) is 66.7 Å². The highest BCUT2D eigenvalue weighted by Crippen LogP contribution is 2.46. The summed E-state index contributed by atoms with van der Waals surface area (Å²) in [5.41, 5.74) is 4.74. The summed E-state index contributed by atoms with van der Waals surface area (Å²) in [6.45, 7) is 0.171. The van der Waals surface area contributed by atoms with Crippen molar-refractivity contribution < 1.29 is 27.8 Å². The standard InChI is InChI=1S/C25H19ClF3N3O3/c1-34-20-8-3-2-7-18(20)21-22(31-24(30)32-23(21)25(27,28)29)17-10-9-16(12-19(17)33)35-13-14-5-4-6-15(26)11-14/h2-12,33H,13H2,1H3,(H2,30,31,32). The summed E-state index contributed by atoms with van der Waals surface area (Å²) in [5.74, 6) is -0.473. The predicted octanol–water partition coefficient (Wildman–Crippen LogP) is 6.36. The molecule has 0 spiro atoms. The van der Waals surface area contributed by atoms with E-state index in [9.17, 15) is 18.3 Å². The number of rotatable bonds is 6. The Bertz CT molecular complexity index is 1380. The van der Waals surface area contributed by atoms with Crippen molar-refractivity contribution in [2.24, 2.45) is 0 Å². The number of aromatic hydroxyl groups is 1. The Hall–Kier alpha value is -3.98. The number of nitrogen functional groups attached to an aromatic ring is 1. The van der Waals surface area contributed by atoms with Crippen LogP contribution in [-0.4, -0.2) is 22.2 Å². The number of para-hydroxylation sites is 1. The normalized spacial score (nSPS) is 11.3. The molecule has 0 saturated carbocycles. The van der Waals surface area contributed by atoms with Crippen molar-refractivity contribution >= 4 is 17.5 Å². The van der Waals surface area contributed by atoms with Gasteiger partial charge in [-0.15, -0.1) is 0 Å². The number of benzene rings is 3. The van der Waals surface area contributed by atoms with E-state index in [1.54, 1.807) is 30.3 Å². The number of hydrogen-bond acceptors (Lipinski definition) is 6. The molecular formula is C25H19ClF3N3O3. The molecule has 0 radical (unpaired) electrons. The number of alkyl halides is 3. The number of halogens is 4. The molecule has 0 aliphatic carbocycles. The van der Waals surface area contributed by atoms with Crippen molar-refractivity contribution in [1.82, 2.24) is 9.97 Å². The first-order chi connectivity index (χ1) is 16.7. The van der Waals surface area contributed by atoms with Gasteiger partial charge in [-0.3, -0.25) is 0 Å². The first kappa shape index (κ1) is 24.2. The average molecular weight is 502 g/mol. The highest BCUT2D eigenvalue weighted by atomic mass is 35.5. The van der Waals surface area contributed by atoms with Crippen molar-refractivity contribution in [2.45, 2.75) is 12.8 Å². The second-order valence-corrected chi connectivity index (χ2v) is 7.89. The maximum Gasteiger partial charge on any atom is 0.434 e. The van der Waals surface area contributed by atoms with Gasteiger partial charge in [-0.1, -0.05) is 41.9 Å². The smallest absolute Gasteiger partial charge is 0.434 e. The Morgan fingerprint density at radius 1 is 0.971 bits per heavy atom. The topological polar surface area (TPSA) is 90.5 Å². The number of nitrogens with two attached hydrogens (primary N) is 1. The zero-order valence-corrected chi connectivity index (χ0v) is 19.1. The zero-order valence-electron chi connectivity index (χ0n) is 18.3. The first-order valence-electron chi connectivity index (χ1n) is 10.3. The van der Waals surface area contributed by atoms with Gasteiger partial charge in [0.25, 0.3) is 0 Å². The van der Waals surface area contributed by atoms with Crippen molar-refractivity contribution in [3.05, 3.63) is 83.0 Å². The number of aromatic nitrogens is 2. The van der Waals surface area contributed by atoms with Crippen LogP contribution in [0.2, 0.25) is 5.02 Å². The highest BCUT2D eigenvalue weighted by molar-refractivity contribution is 6.30. The van der Waals surface area contributed by atoms with Crippen molar-refractivity contribution in [3.8, 4) is 39.6 Å². The minimum Gasteiger partial charge on any atom is -0.507 e. The fraction of sp³-hybridized carbons (Fsp3) is 0.120. The summed E-state index contributed by atoms with van der Waals surface area (Å²) in [6.07, 6.45) is -4.85. The summed E-state index contributed by atoms with van der Waals surface area (Å²) >= 11 is 5.98. The number of nitrogens with zero attached hydrogens (tertiary/aromatic N) is 2. The van der Waals surface area contributed by atoms with E-state index in [0.717, 1.165) is 5.56 Å². The van der Waals surface area contributed by atoms with Crippen LogP contribution in [0, 0.1) is 0 Å². The number of ether oxygens (including phenoxy) is 2. The van der Waals surface area contributed by atoms with E-state index >= 15 is 0 Å². The quantitative estimate of drug-likeness (QED) is 0.319. The van der Waals surface area contributed by atoms with E-state index in [4.69, 9.17) is 26.8 Å². The maximum absolute atomic E-state index is 14.0. The number of methoxy groups -OCH3 is 1. The summed E-state index contributed by atoms with van der Waals surface area (Å²) in [6, 6.07) is 17.4. The van der Waals surface area contributed by atoms with Gasteiger partial charge >= 0.3 is 6.18 Å². The van der Waals surface area contributed by atoms with Gasteiger partial charge in [0.05, 0.1) is 12.8 Å². The Morgan fingerprint density at radius 3 is 2.43 bits per heavy atom. The Kier molecular flexibility index (Phi) is 6.70. The molecule has 0 fully saturated rings. The van der Waals surface area contributed by atoms with E-state index in [2.05, 4.69) is 9.97 Å². The van der Waals surface area contributed by atoms with Crippen LogP contribution in [0.25, 0.3) is 22.4 Å². The Morgan fingerprint density at radius 2 is 1.74 bits per heavy atom. The predicted molar refractivity (Wildman–Crippen MR) is 126 cm³/mol. The summed E-state index contributed by atoms with van der Waals surface area (Å²) in [7, 11) is 1.34. The fourth-order valence-corrected chi connectivity index (χ4v) is 3.79. The molecule has 0 atom stereocenters. The van der Waals surface area contributed by atoms with Gasteiger partial charge in [0.15, 0.2) is 5.69 Å². The van der Waals surface area contributed by atoms with Gasteiger partial charge in [-0.2, -0.15) is 13.2 Å². The third-order valence-corrected chi connectivity index (χ3v) is 5.33. The molecule has 10 heteroatoms. The molecule has 1 heterocycles. The number of phenols is 1. The lowest BCUT2D eigenvalue weighted by Gasteiger charge is -2.19. The summed E-state index contributed by atoms with van der Waals surface area (Å²) in [5, 5.41) is 11.3. The maximum atomic E-state index is 14.0. The lowest BCUT2D eigenvalue weighted by molar-refractivity contribution is -0.140. The Labute approximate surface area is 203 Å². The first-order valence-corrected chi connectivity index (χ1v) is 10.6. The monoisotopic (exact) mass is 501 g/mol. The van der Waals surface area contributed by atoms with Gasteiger partial charge in [-0.25, -0.2) is 9.97 Å². The van der Waals surface area contributed by atoms with Gasteiger partial charge in [0.1, 0.15) is 23.9 Å². The lowest BCUT2D eigenvalue weighted by atomic mass is 9.96. The minimum absolute atomic E-state index is 0.0145. The van der Waals surface area contributed by atoms with Crippen LogP contribution in [0.4, 0.5) is 19.1 Å². The molecule has 6 nitrogen and oxygen atoms in total. The molecule has 180 valence electrons. The van der Waals surface area contributed by atoms with Gasteiger partial charge in [0.2, 0.25) is 5.95 Å². The van der Waals surface area contributed by atoms with Crippen LogP contribution >= 0.6 is 11.6 Å². The summed E-state index contributed by atoms with van der Waals surface area (Å²) < 4.78 is 53.0. The van der Waals surface area contributed by atoms with E-state index < -0.39 is 17.8 Å². The fourth-order valence-electron chi connectivity index (χ4n) is 3.58. The third kappa shape index (κ3) is 5.25. The highest BCUT2D eigenvalue weighted by Gasteiger charge is 2.39. The van der Waals surface area contributed by atoms with Crippen molar-refractivity contribution in [3.63, 3.8) is 0 Å².